The molecule has 0 heterocycles. The molecule has 0 bridgehead atoms. The SMILES string of the molecule is CNC(C(=O)O)c1cc(F)ccc1C. The van der Waals surface area contributed by atoms with Crippen LogP contribution in [0.2, 0.25) is 0 Å². The number of hydrogen-bond acceptors (Lipinski definition) is 2. The molecule has 0 aliphatic carbocycles. The first-order chi connectivity index (χ1) is 6.56. The monoisotopic (exact) mass is 197 g/mol. The Balaban J connectivity index is 3.15. The van der Waals surface area contributed by atoms with Crippen molar-refractivity contribution < 1.29 is 14.3 Å². The Kier molecular flexibility index (Phi) is 3.19. The molecule has 1 aromatic carbocycles. The lowest BCUT2D eigenvalue weighted by Gasteiger charge is -2.14. The van der Waals surface area contributed by atoms with Gasteiger partial charge in [-0.05, 0) is 37.2 Å². The first kappa shape index (κ1) is 10.7. The van der Waals surface area contributed by atoms with Gasteiger partial charge in [0.25, 0.3) is 0 Å². The van der Waals surface area contributed by atoms with E-state index in [1.165, 1.54) is 19.2 Å². The van der Waals surface area contributed by atoms with Crippen molar-refractivity contribution in [1.29, 1.82) is 0 Å². The Labute approximate surface area is 81.6 Å². The van der Waals surface area contributed by atoms with Crippen molar-refractivity contribution in [2.75, 3.05) is 7.05 Å². The molecular formula is C10H12FNO2. The number of nitrogens with one attached hydrogen (secondary N) is 1. The second kappa shape index (κ2) is 4.19. The minimum absolute atomic E-state index is 0.424. The van der Waals surface area contributed by atoms with E-state index in [9.17, 15) is 9.18 Å². The molecule has 1 atom stereocenters. The second-order valence-electron chi connectivity index (χ2n) is 3.06. The van der Waals surface area contributed by atoms with Crippen LogP contribution in [0.1, 0.15) is 17.2 Å². The van der Waals surface area contributed by atoms with Gasteiger partial charge >= 0.3 is 5.97 Å². The fourth-order valence-electron chi connectivity index (χ4n) is 1.33. The van der Waals surface area contributed by atoms with Crippen LogP contribution in [0.5, 0.6) is 0 Å². The molecule has 0 fully saturated rings. The summed E-state index contributed by atoms with van der Waals surface area (Å²) in [7, 11) is 1.53. The number of carboxylic acids is 1. The highest BCUT2D eigenvalue weighted by Crippen LogP contribution is 2.18. The van der Waals surface area contributed by atoms with Crippen LogP contribution in [0.25, 0.3) is 0 Å². The standard InChI is InChI=1S/C10H12FNO2/c1-6-3-4-7(11)5-8(6)9(12-2)10(13)14/h3-5,9,12H,1-2H3,(H,13,14). The van der Waals surface area contributed by atoms with Gasteiger partial charge in [-0.3, -0.25) is 4.79 Å². The van der Waals surface area contributed by atoms with Crippen molar-refractivity contribution in [3.8, 4) is 0 Å². The maximum absolute atomic E-state index is 12.9. The average Bonchev–Trinajstić information content (AvgIpc) is 2.11. The van der Waals surface area contributed by atoms with Crippen molar-refractivity contribution in [2.24, 2.45) is 0 Å². The van der Waals surface area contributed by atoms with Crippen LogP contribution in [-0.4, -0.2) is 18.1 Å². The summed E-state index contributed by atoms with van der Waals surface area (Å²) in [5.41, 5.74) is 1.22. The van der Waals surface area contributed by atoms with E-state index in [2.05, 4.69) is 5.32 Å². The number of hydrogen-bond donors (Lipinski definition) is 2. The number of aryl methyl sites for hydroxylation is 1. The smallest absolute Gasteiger partial charge is 0.325 e. The van der Waals surface area contributed by atoms with E-state index in [-0.39, 0.29) is 0 Å². The molecule has 4 heteroatoms. The molecule has 3 nitrogen and oxygen atoms in total. The maximum Gasteiger partial charge on any atom is 0.325 e. The molecule has 0 spiro atoms. The predicted molar refractivity (Wildman–Crippen MR) is 50.6 cm³/mol. The van der Waals surface area contributed by atoms with Crippen molar-refractivity contribution >= 4 is 5.97 Å². The Bertz CT molecular complexity index is 352. The van der Waals surface area contributed by atoms with Gasteiger partial charge in [-0.25, -0.2) is 4.39 Å². The van der Waals surface area contributed by atoms with Crippen LogP contribution in [0, 0.1) is 12.7 Å². The largest absolute Gasteiger partial charge is 0.480 e. The first-order valence-electron chi connectivity index (χ1n) is 4.22. The van der Waals surface area contributed by atoms with Crippen LogP contribution < -0.4 is 5.32 Å². The van der Waals surface area contributed by atoms with E-state index >= 15 is 0 Å². The Morgan fingerprint density at radius 1 is 1.57 bits per heavy atom. The van der Waals surface area contributed by atoms with Crippen LogP contribution in [-0.2, 0) is 4.79 Å². The summed E-state index contributed by atoms with van der Waals surface area (Å²) >= 11 is 0. The van der Waals surface area contributed by atoms with Crippen LogP contribution in [0.4, 0.5) is 4.39 Å². The molecule has 0 aliphatic rings. The first-order valence-corrected chi connectivity index (χ1v) is 4.22. The van der Waals surface area contributed by atoms with Crippen LogP contribution in [0.3, 0.4) is 0 Å². The molecule has 0 radical (unpaired) electrons. The summed E-state index contributed by atoms with van der Waals surface area (Å²) < 4.78 is 12.9. The summed E-state index contributed by atoms with van der Waals surface area (Å²) in [6, 6.07) is 3.27. The molecule has 1 unspecified atom stereocenters. The number of likely N-dealkylation sites (N-methyl/N-ethyl adjacent to an activating group) is 1. The van der Waals surface area contributed by atoms with Gasteiger partial charge in [-0.1, -0.05) is 6.07 Å². The number of halogens is 1. The third-order valence-corrected chi connectivity index (χ3v) is 2.09. The maximum atomic E-state index is 12.9. The zero-order valence-corrected chi connectivity index (χ0v) is 8.04. The predicted octanol–water partition coefficient (Wildman–Crippen LogP) is 1.48. The summed E-state index contributed by atoms with van der Waals surface area (Å²) in [6.45, 7) is 1.75. The molecule has 0 saturated carbocycles. The molecule has 14 heavy (non-hydrogen) atoms. The minimum Gasteiger partial charge on any atom is -0.480 e. The van der Waals surface area contributed by atoms with Crippen molar-refractivity contribution in [2.45, 2.75) is 13.0 Å². The van der Waals surface area contributed by atoms with Crippen molar-refractivity contribution in [3.63, 3.8) is 0 Å². The van der Waals surface area contributed by atoms with Gasteiger partial charge in [0.15, 0.2) is 0 Å². The quantitative estimate of drug-likeness (QED) is 0.771. The van der Waals surface area contributed by atoms with E-state index in [1.54, 1.807) is 13.0 Å². The molecule has 76 valence electrons. The topological polar surface area (TPSA) is 49.3 Å². The zero-order chi connectivity index (χ0) is 10.7. The summed E-state index contributed by atoms with van der Waals surface area (Å²) in [5.74, 6) is -1.44. The molecular weight excluding hydrogens is 185 g/mol. The molecule has 2 N–H and O–H groups in total. The Hall–Kier alpha value is -1.42. The lowest BCUT2D eigenvalue weighted by Crippen LogP contribution is -2.25. The van der Waals surface area contributed by atoms with E-state index in [0.29, 0.717) is 5.56 Å². The van der Waals surface area contributed by atoms with Crippen molar-refractivity contribution in [1.82, 2.24) is 5.32 Å². The number of rotatable bonds is 3. The fourth-order valence-corrected chi connectivity index (χ4v) is 1.33. The molecule has 1 aromatic rings. The van der Waals surface area contributed by atoms with E-state index in [1.807, 2.05) is 0 Å². The normalized spacial score (nSPS) is 12.5. The number of aliphatic carboxylic acids is 1. The molecule has 1 rings (SSSR count). The number of benzene rings is 1. The van der Waals surface area contributed by atoms with Gasteiger partial charge in [-0.2, -0.15) is 0 Å². The Morgan fingerprint density at radius 3 is 2.71 bits per heavy atom. The minimum atomic E-state index is -1.01. The van der Waals surface area contributed by atoms with Crippen LogP contribution in [0.15, 0.2) is 18.2 Å². The van der Waals surface area contributed by atoms with Gasteiger partial charge in [0.2, 0.25) is 0 Å². The zero-order valence-electron chi connectivity index (χ0n) is 8.04. The molecule has 0 aliphatic heterocycles. The lowest BCUT2D eigenvalue weighted by molar-refractivity contribution is -0.139. The van der Waals surface area contributed by atoms with Crippen molar-refractivity contribution in [3.05, 3.63) is 35.1 Å². The fraction of sp³-hybridized carbons (Fsp3) is 0.300. The number of carboxylic acid groups (broad SMARTS) is 1. The Morgan fingerprint density at radius 2 is 2.21 bits per heavy atom. The highest BCUT2D eigenvalue weighted by Gasteiger charge is 2.19. The highest BCUT2D eigenvalue weighted by molar-refractivity contribution is 5.76. The average molecular weight is 197 g/mol. The van der Waals surface area contributed by atoms with Gasteiger partial charge in [-0.15, -0.1) is 0 Å². The number of carbonyl (C=O) groups is 1. The van der Waals surface area contributed by atoms with E-state index in [4.69, 9.17) is 5.11 Å². The molecule has 0 aromatic heterocycles. The van der Waals surface area contributed by atoms with E-state index < -0.39 is 17.8 Å². The van der Waals surface area contributed by atoms with Gasteiger partial charge in [0.05, 0.1) is 0 Å². The summed E-state index contributed by atoms with van der Waals surface area (Å²) in [4.78, 5) is 10.8. The molecule has 0 amide bonds. The third-order valence-electron chi connectivity index (χ3n) is 2.09. The van der Waals surface area contributed by atoms with E-state index in [0.717, 1.165) is 5.56 Å². The van der Waals surface area contributed by atoms with Gasteiger partial charge in [0, 0.05) is 0 Å². The third kappa shape index (κ3) is 2.09. The summed E-state index contributed by atoms with van der Waals surface area (Å²) in [6.07, 6.45) is 0. The van der Waals surface area contributed by atoms with Gasteiger partial charge < -0.3 is 10.4 Å². The second-order valence-corrected chi connectivity index (χ2v) is 3.06. The van der Waals surface area contributed by atoms with Crippen LogP contribution >= 0.6 is 0 Å². The summed E-state index contributed by atoms with van der Waals surface area (Å²) in [5, 5.41) is 11.5. The van der Waals surface area contributed by atoms with Gasteiger partial charge in [0.1, 0.15) is 11.9 Å². The molecule has 0 saturated heterocycles. The highest BCUT2D eigenvalue weighted by atomic mass is 19.1. The lowest BCUT2D eigenvalue weighted by atomic mass is 10.0.